The van der Waals surface area contributed by atoms with E-state index < -0.39 is 22.4 Å². The van der Waals surface area contributed by atoms with Crippen molar-refractivity contribution in [1.29, 1.82) is 0 Å². The molecule has 0 aliphatic rings. The Labute approximate surface area is 184 Å². The lowest BCUT2D eigenvalue weighted by atomic mass is 10.1. The van der Waals surface area contributed by atoms with Gasteiger partial charge in [-0.25, -0.2) is 0 Å². The van der Waals surface area contributed by atoms with Gasteiger partial charge in [-0.15, -0.1) is 0 Å². The first kappa shape index (κ1) is 23.7. The third-order valence-electron chi connectivity index (χ3n) is 4.07. The summed E-state index contributed by atoms with van der Waals surface area (Å²) < 4.78 is 50.4. The first-order chi connectivity index (χ1) is 14.1. The molecule has 2 rings (SSSR count). The molecule has 11 heteroatoms. The number of nitro groups is 1. The third kappa shape index (κ3) is 5.97. The van der Waals surface area contributed by atoms with Gasteiger partial charge < -0.3 is 9.47 Å². The number of hydrazone groups is 1. The third-order valence-corrected chi connectivity index (χ3v) is 4.87. The number of nitro benzene ring substituents is 1. The van der Waals surface area contributed by atoms with Crippen LogP contribution in [0.1, 0.15) is 31.4 Å². The van der Waals surface area contributed by atoms with Crippen molar-refractivity contribution in [3.63, 3.8) is 0 Å². The highest BCUT2D eigenvalue weighted by molar-refractivity contribution is 14.1. The van der Waals surface area contributed by atoms with Gasteiger partial charge in [0.1, 0.15) is 5.69 Å². The lowest BCUT2D eigenvalue weighted by Gasteiger charge is -2.17. The number of nitrogens with zero attached hydrogens (tertiary/aromatic N) is 2. The van der Waals surface area contributed by atoms with Crippen molar-refractivity contribution in [1.82, 2.24) is 0 Å². The van der Waals surface area contributed by atoms with Crippen molar-refractivity contribution in [2.45, 2.75) is 32.5 Å². The van der Waals surface area contributed by atoms with Gasteiger partial charge in [-0.3, -0.25) is 15.5 Å². The summed E-state index contributed by atoms with van der Waals surface area (Å²) in [7, 11) is 1.50. The van der Waals surface area contributed by atoms with Crippen molar-refractivity contribution in [2.75, 3.05) is 12.5 Å². The summed E-state index contributed by atoms with van der Waals surface area (Å²) in [6, 6.07) is 5.62. The molecule has 2 aromatic carbocycles. The Kier molecular flexibility index (Phi) is 7.87. The van der Waals surface area contributed by atoms with Crippen LogP contribution in [-0.2, 0) is 6.18 Å². The molecule has 162 valence electrons. The summed E-state index contributed by atoms with van der Waals surface area (Å²) in [6.45, 7) is 3.93. The first-order valence-electron chi connectivity index (χ1n) is 8.75. The molecule has 30 heavy (non-hydrogen) atoms. The van der Waals surface area contributed by atoms with Crippen molar-refractivity contribution >= 4 is 40.2 Å². The molecule has 0 aliphatic carbocycles. The van der Waals surface area contributed by atoms with E-state index in [0.717, 1.165) is 22.1 Å². The van der Waals surface area contributed by atoms with Crippen LogP contribution in [-0.4, -0.2) is 24.4 Å². The zero-order valence-corrected chi connectivity index (χ0v) is 18.4. The minimum Gasteiger partial charge on any atom is -0.493 e. The Morgan fingerprint density at radius 2 is 2.03 bits per heavy atom. The molecule has 0 spiro atoms. The fourth-order valence-corrected chi connectivity index (χ4v) is 3.10. The molecular formula is C19H19F3IN3O4. The van der Waals surface area contributed by atoms with E-state index in [4.69, 9.17) is 9.47 Å². The average molecular weight is 537 g/mol. The van der Waals surface area contributed by atoms with Crippen LogP contribution in [0.5, 0.6) is 11.5 Å². The van der Waals surface area contributed by atoms with Gasteiger partial charge in [0.2, 0.25) is 0 Å². The minimum atomic E-state index is -4.68. The zero-order chi connectivity index (χ0) is 22.5. The number of anilines is 1. The number of ether oxygens (including phenoxy) is 2. The minimum absolute atomic E-state index is 0.00572. The maximum absolute atomic E-state index is 12.8. The molecule has 0 saturated carbocycles. The number of rotatable bonds is 8. The topological polar surface area (TPSA) is 86.0 Å². The van der Waals surface area contributed by atoms with Gasteiger partial charge in [0.15, 0.2) is 11.5 Å². The Morgan fingerprint density at radius 3 is 2.60 bits per heavy atom. The van der Waals surface area contributed by atoms with Crippen molar-refractivity contribution in [3.05, 3.63) is 55.1 Å². The highest BCUT2D eigenvalue weighted by atomic mass is 127. The molecule has 0 saturated heterocycles. The maximum atomic E-state index is 12.8. The lowest BCUT2D eigenvalue weighted by molar-refractivity contribution is -0.384. The number of benzene rings is 2. The molecular weight excluding hydrogens is 518 g/mol. The molecule has 0 amide bonds. The number of halogens is 4. The van der Waals surface area contributed by atoms with Gasteiger partial charge in [-0.05, 0) is 65.8 Å². The van der Waals surface area contributed by atoms with Crippen LogP contribution >= 0.6 is 22.6 Å². The summed E-state index contributed by atoms with van der Waals surface area (Å²) in [4.78, 5) is 10.2. The van der Waals surface area contributed by atoms with Crippen LogP contribution in [0.4, 0.5) is 24.5 Å². The Morgan fingerprint density at radius 1 is 1.33 bits per heavy atom. The van der Waals surface area contributed by atoms with Crippen molar-refractivity contribution < 1.29 is 27.6 Å². The smallest absolute Gasteiger partial charge is 0.416 e. The van der Waals surface area contributed by atoms with Crippen molar-refractivity contribution in [2.24, 2.45) is 5.10 Å². The van der Waals surface area contributed by atoms with Crippen LogP contribution in [0.3, 0.4) is 0 Å². The molecule has 1 N–H and O–H groups in total. The molecule has 7 nitrogen and oxygen atoms in total. The monoisotopic (exact) mass is 537 g/mol. The summed E-state index contributed by atoms with van der Waals surface area (Å²) >= 11 is 2.09. The second-order valence-electron chi connectivity index (χ2n) is 6.23. The number of nitrogens with one attached hydrogen (secondary N) is 1. The van der Waals surface area contributed by atoms with E-state index in [1.54, 1.807) is 12.1 Å². The molecule has 0 unspecified atom stereocenters. The van der Waals surface area contributed by atoms with E-state index in [1.165, 1.54) is 13.3 Å². The summed E-state index contributed by atoms with van der Waals surface area (Å²) in [5.41, 5.74) is 1.02. The van der Waals surface area contributed by atoms with Crippen LogP contribution in [0.2, 0.25) is 0 Å². The van der Waals surface area contributed by atoms with E-state index in [1.807, 2.05) is 13.8 Å². The van der Waals surface area contributed by atoms with E-state index in [2.05, 4.69) is 33.1 Å². The number of alkyl halides is 3. The lowest BCUT2D eigenvalue weighted by Crippen LogP contribution is -2.11. The highest BCUT2D eigenvalue weighted by Crippen LogP contribution is 2.36. The molecule has 0 aliphatic heterocycles. The van der Waals surface area contributed by atoms with Crippen LogP contribution in [0.25, 0.3) is 0 Å². The molecule has 0 radical (unpaired) electrons. The quantitative estimate of drug-likeness (QED) is 0.198. The SMILES string of the molecule is CC[C@@H](C)Oc1c(I)cc(/C=N\Nc2ccc(C(F)(F)F)cc2[N+](=O)[O-])cc1OC. The standard InChI is InChI=1S/C19H19F3IN3O4/c1-4-11(2)30-18-14(23)7-12(8-17(18)29-3)10-24-25-15-6-5-13(19(20,21)22)9-16(15)26(27)28/h5-11,25H,4H2,1-3H3/b24-10-/t11-/m1/s1. The van der Waals surface area contributed by atoms with E-state index in [0.29, 0.717) is 23.1 Å². The van der Waals surface area contributed by atoms with E-state index in [9.17, 15) is 23.3 Å². The predicted octanol–water partition coefficient (Wildman–Crippen LogP) is 5.85. The molecule has 1 atom stereocenters. The molecule has 0 heterocycles. The maximum Gasteiger partial charge on any atom is 0.416 e. The van der Waals surface area contributed by atoms with Gasteiger partial charge in [0.05, 0.1) is 33.5 Å². The van der Waals surface area contributed by atoms with Gasteiger partial charge in [-0.1, -0.05) is 6.92 Å². The molecule has 0 bridgehead atoms. The van der Waals surface area contributed by atoms with Gasteiger partial charge in [-0.2, -0.15) is 18.3 Å². The summed E-state index contributed by atoms with van der Waals surface area (Å²) in [6.07, 6.45) is -2.50. The summed E-state index contributed by atoms with van der Waals surface area (Å²) in [5, 5.41) is 15.0. The molecule has 0 fully saturated rings. The van der Waals surface area contributed by atoms with Crippen LogP contribution in [0, 0.1) is 13.7 Å². The normalized spacial score (nSPS) is 12.6. The van der Waals surface area contributed by atoms with Gasteiger partial charge >= 0.3 is 6.18 Å². The Bertz CT molecular complexity index is 951. The van der Waals surface area contributed by atoms with E-state index in [-0.39, 0.29) is 11.8 Å². The van der Waals surface area contributed by atoms with Crippen LogP contribution < -0.4 is 14.9 Å². The largest absolute Gasteiger partial charge is 0.493 e. The van der Waals surface area contributed by atoms with Crippen molar-refractivity contribution in [3.8, 4) is 11.5 Å². The molecule has 0 aromatic heterocycles. The predicted molar refractivity (Wildman–Crippen MR) is 115 cm³/mol. The second-order valence-corrected chi connectivity index (χ2v) is 7.39. The number of hydrogen-bond acceptors (Lipinski definition) is 6. The first-order valence-corrected chi connectivity index (χ1v) is 9.83. The zero-order valence-electron chi connectivity index (χ0n) is 16.3. The summed E-state index contributed by atoms with van der Waals surface area (Å²) in [5.74, 6) is 1.08. The fourth-order valence-electron chi connectivity index (χ4n) is 2.34. The average Bonchev–Trinajstić information content (AvgIpc) is 2.68. The Hall–Kier alpha value is -2.57. The number of hydrogen-bond donors (Lipinski definition) is 1. The fraction of sp³-hybridized carbons (Fsp3) is 0.316. The molecule has 2 aromatic rings. The van der Waals surface area contributed by atoms with Crippen LogP contribution in [0.15, 0.2) is 35.4 Å². The van der Waals surface area contributed by atoms with Gasteiger partial charge in [0.25, 0.3) is 5.69 Å². The van der Waals surface area contributed by atoms with E-state index >= 15 is 0 Å². The van der Waals surface area contributed by atoms with Gasteiger partial charge in [0, 0.05) is 6.07 Å². The Balaban J connectivity index is 2.27. The highest BCUT2D eigenvalue weighted by Gasteiger charge is 2.33. The second kappa shape index (κ2) is 9.96. The number of methoxy groups -OCH3 is 1.